The van der Waals surface area contributed by atoms with Crippen LogP contribution in [0.25, 0.3) is 0 Å². The monoisotopic (exact) mass is 325 g/mol. The molecule has 0 heterocycles. The molecule has 2 aromatic rings. The van der Waals surface area contributed by atoms with Gasteiger partial charge in [0.1, 0.15) is 5.75 Å². The summed E-state index contributed by atoms with van der Waals surface area (Å²) in [6.07, 6.45) is 12.0. The van der Waals surface area contributed by atoms with E-state index in [4.69, 9.17) is 0 Å². The van der Waals surface area contributed by atoms with E-state index in [0.717, 1.165) is 17.8 Å². The fourth-order valence-corrected chi connectivity index (χ4v) is 2.98. The number of anilines is 2. The van der Waals surface area contributed by atoms with Gasteiger partial charge in [-0.1, -0.05) is 64.0 Å². The summed E-state index contributed by atoms with van der Waals surface area (Å²) >= 11 is 0. The van der Waals surface area contributed by atoms with Crippen LogP contribution in [0, 0.1) is 0 Å². The summed E-state index contributed by atoms with van der Waals surface area (Å²) in [6.45, 7) is 2.27. The van der Waals surface area contributed by atoms with E-state index in [1.54, 1.807) is 12.1 Å². The van der Waals surface area contributed by atoms with Crippen molar-refractivity contribution in [1.82, 2.24) is 0 Å². The number of aryl methyl sites for hydroxylation is 1. The van der Waals surface area contributed by atoms with E-state index in [9.17, 15) is 5.11 Å². The maximum absolute atomic E-state index is 9.34. The molecule has 0 saturated heterocycles. The summed E-state index contributed by atoms with van der Waals surface area (Å²) in [5.74, 6) is 0.295. The van der Waals surface area contributed by atoms with Gasteiger partial charge in [0.2, 0.25) is 0 Å². The number of hydrogen-bond donors (Lipinski definition) is 2. The molecular weight excluding hydrogens is 294 g/mol. The van der Waals surface area contributed by atoms with E-state index in [2.05, 4.69) is 36.5 Å². The largest absolute Gasteiger partial charge is 0.508 e. The Kier molecular flexibility index (Phi) is 8.23. The highest BCUT2D eigenvalue weighted by atomic mass is 16.3. The van der Waals surface area contributed by atoms with Crippen molar-refractivity contribution in [3.05, 3.63) is 54.1 Å². The van der Waals surface area contributed by atoms with Crippen LogP contribution in [0.1, 0.15) is 63.9 Å². The van der Waals surface area contributed by atoms with Crippen LogP contribution >= 0.6 is 0 Å². The molecule has 0 aromatic heterocycles. The fraction of sp³-hybridized carbons (Fsp3) is 0.455. The molecular formula is C22H31NO. The molecule has 2 rings (SSSR count). The Bertz CT molecular complexity index is 577. The molecule has 0 unspecified atom stereocenters. The topological polar surface area (TPSA) is 32.3 Å². The second-order valence-electron chi connectivity index (χ2n) is 6.60. The van der Waals surface area contributed by atoms with Gasteiger partial charge in [0, 0.05) is 11.4 Å². The van der Waals surface area contributed by atoms with Crippen LogP contribution in [0.15, 0.2) is 48.5 Å². The van der Waals surface area contributed by atoms with Crippen molar-refractivity contribution in [2.24, 2.45) is 0 Å². The Morgan fingerprint density at radius 2 is 1.42 bits per heavy atom. The van der Waals surface area contributed by atoms with E-state index in [-0.39, 0.29) is 0 Å². The number of rotatable bonds is 11. The molecule has 2 heteroatoms. The van der Waals surface area contributed by atoms with Crippen molar-refractivity contribution < 1.29 is 5.11 Å². The van der Waals surface area contributed by atoms with Crippen molar-refractivity contribution >= 4 is 11.4 Å². The number of phenolic OH excluding ortho intramolecular Hbond substituents is 1. The van der Waals surface area contributed by atoms with Gasteiger partial charge in [-0.3, -0.25) is 0 Å². The SMILES string of the molecule is CCCCCCCCCCc1cccc(Nc2ccc(O)cc2)c1. The van der Waals surface area contributed by atoms with E-state index in [1.807, 2.05) is 12.1 Å². The van der Waals surface area contributed by atoms with Crippen LogP contribution in [0.5, 0.6) is 5.75 Å². The lowest BCUT2D eigenvalue weighted by Crippen LogP contribution is -1.92. The van der Waals surface area contributed by atoms with Crippen molar-refractivity contribution in [3.8, 4) is 5.75 Å². The molecule has 2 aromatic carbocycles. The van der Waals surface area contributed by atoms with Crippen LogP contribution in [0.2, 0.25) is 0 Å². The summed E-state index contributed by atoms with van der Waals surface area (Å²) in [5, 5.41) is 12.7. The fourth-order valence-electron chi connectivity index (χ4n) is 2.98. The highest BCUT2D eigenvalue weighted by Gasteiger charge is 1.99. The first kappa shape index (κ1) is 18.4. The standard InChI is InChI=1S/C22H31NO/c1-2-3-4-5-6-7-8-9-11-19-12-10-13-21(18-19)23-20-14-16-22(24)17-15-20/h10,12-18,23-24H,2-9,11H2,1H3. The zero-order valence-electron chi connectivity index (χ0n) is 14.9. The smallest absolute Gasteiger partial charge is 0.115 e. The Morgan fingerprint density at radius 3 is 2.12 bits per heavy atom. The molecule has 0 fully saturated rings. The number of phenols is 1. The zero-order valence-corrected chi connectivity index (χ0v) is 14.9. The average Bonchev–Trinajstić information content (AvgIpc) is 2.60. The highest BCUT2D eigenvalue weighted by molar-refractivity contribution is 5.60. The number of benzene rings is 2. The van der Waals surface area contributed by atoms with Gasteiger partial charge in [0.25, 0.3) is 0 Å². The van der Waals surface area contributed by atoms with Crippen LogP contribution < -0.4 is 5.32 Å². The summed E-state index contributed by atoms with van der Waals surface area (Å²) in [7, 11) is 0. The second-order valence-corrected chi connectivity index (χ2v) is 6.60. The third kappa shape index (κ3) is 7.08. The predicted molar refractivity (Wildman–Crippen MR) is 104 cm³/mol. The molecule has 0 saturated carbocycles. The van der Waals surface area contributed by atoms with Gasteiger partial charge >= 0.3 is 0 Å². The van der Waals surface area contributed by atoms with Gasteiger partial charge in [-0.05, 0) is 54.8 Å². The van der Waals surface area contributed by atoms with Gasteiger partial charge in [-0.25, -0.2) is 0 Å². The number of unbranched alkanes of at least 4 members (excludes halogenated alkanes) is 7. The Morgan fingerprint density at radius 1 is 0.750 bits per heavy atom. The first-order chi connectivity index (χ1) is 11.8. The average molecular weight is 325 g/mol. The Balaban J connectivity index is 1.69. The van der Waals surface area contributed by atoms with E-state index in [1.165, 1.54) is 56.9 Å². The molecule has 0 amide bonds. The van der Waals surface area contributed by atoms with Gasteiger partial charge in [-0.15, -0.1) is 0 Å². The van der Waals surface area contributed by atoms with E-state index >= 15 is 0 Å². The quantitative estimate of drug-likeness (QED) is 0.351. The zero-order chi connectivity index (χ0) is 17.0. The molecule has 0 radical (unpaired) electrons. The second kappa shape index (κ2) is 10.7. The highest BCUT2D eigenvalue weighted by Crippen LogP contribution is 2.21. The lowest BCUT2D eigenvalue weighted by atomic mass is 10.0. The van der Waals surface area contributed by atoms with Crippen LogP contribution in [0.3, 0.4) is 0 Å². The van der Waals surface area contributed by atoms with Crippen LogP contribution in [0.4, 0.5) is 11.4 Å². The van der Waals surface area contributed by atoms with Crippen LogP contribution in [-0.2, 0) is 6.42 Å². The maximum atomic E-state index is 9.34. The van der Waals surface area contributed by atoms with Gasteiger partial charge in [0.15, 0.2) is 0 Å². The third-order valence-corrected chi connectivity index (χ3v) is 4.40. The minimum absolute atomic E-state index is 0.295. The van der Waals surface area contributed by atoms with E-state index in [0.29, 0.717) is 5.75 Å². The molecule has 0 aliphatic carbocycles. The normalized spacial score (nSPS) is 10.7. The lowest BCUT2D eigenvalue weighted by Gasteiger charge is -2.09. The summed E-state index contributed by atoms with van der Waals surface area (Å²) in [5.41, 5.74) is 3.50. The van der Waals surface area contributed by atoms with Crippen molar-refractivity contribution in [3.63, 3.8) is 0 Å². The lowest BCUT2D eigenvalue weighted by molar-refractivity contribution is 0.475. The molecule has 2 nitrogen and oxygen atoms in total. The molecule has 0 spiro atoms. The Labute approximate surface area is 146 Å². The van der Waals surface area contributed by atoms with E-state index < -0.39 is 0 Å². The molecule has 0 aliphatic rings. The Hall–Kier alpha value is -1.96. The molecule has 130 valence electrons. The molecule has 0 aliphatic heterocycles. The van der Waals surface area contributed by atoms with Crippen LogP contribution in [-0.4, -0.2) is 5.11 Å². The molecule has 2 N–H and O–H groups in total. The molecule has 24 heavy (non-hydrogen) atoms. The summed E-state index contributed by atoms with van der Waals surface area (Å²) in [4.78, 5) is 0. The van der Waals surface area contributed by atoms with Crippen molar-refractivity contribution in [2.75, 3.05) is 5.32 Å². The minimum Gasteiger partial charge on any atom is -0.508 e. The number of hydrogen-bond acceptors (Lipinski definition) is 2. The summed E-state index contributed by atoms with van der Waals surface area (Å²) < 4.78 is 0. The first-order valence-corrected chi connectivity index (χ1v) is 9.43. The van der Waals surface area contributed by atoms with Crippen molar-refractivity contribution in [1.29, 1.82) is 0 Å². The number of nitrogens with one attached hydrogen (secondary N) is 1. The maximum Gasteiger partial charge on any atom is 0.115 e. The van der Waals surface area contributed by atoms with Gasteiger partial charge in [-0.2, -0.15) is 0 Å². The first-order valence-electron chi connectivity index (χ1n) is 9.43. The van der Waals surface area contributed by atoms with Gasteiger partial charge in [0.05, 0.1) is 0 Å². The number of aromatic hydroxyl groups is 1. The third-order valence-electron chi connectivity index (χ3n) is 4.40. The summed E-state index contributed by atoms with van der Waals surface area (Å²) in [6, 6.07) is 15.8. The van der Waals surface area contributed by atoms with Crippen molar-refractivity contribution in [2.45, 2.75) is 64.7 Å². The van der Waals surface area contributed by atoms with Gasteiger partial charge < -0.3 is 10.4 Å². The minimum atomic E-state index is 0.295. The molecule has 0 atom stereocenters. The predicted octanol–water partition coefficient (Wildman–Crippen LogP) is 6.82. The molecule has 0 bridgehead atoms.